The number of nitrogens with two attached hydrogens (primary N) is 2. The Balaban J connectivity index is 0.000000240. The van der Waals surface area contributed by atoms with Crippen molar-refractivity contribution in [3.05, 3.63) is 96.1 Å². The van der Waals surface area contributed by atoms with Crippen LogP contribution in [0.2, 0.25) is 0 Å². The van der Waals surface area contributed by atoms with E-state index in [-0.39, 0.29) is 23.9 Å². The van der Waals surface area contributed by atoms with Crippen molar-refractivity contribution in [2.45, 2.75) is 64.5 Å². The third-order valence-corrected chi connectivity index (χ3v) is 5.89. The van der Waals surface area contributed by atoms with Gasteiger partial charge in [0.2, 0.25) is 0 Å². The van der Waals surface area contributed by atoms with Crippen molar-refractivity contribution in [1.29, 1.82) is 0 Å². The summed E-state index contributed by atoms with van der Waals surface area (Å²) in [5, 5.41) is 17.0. The van der Waals surface area contributed by atoms with Crippen LogP contribution in [0.5, 0.6) is 0 Å². The van der Waals surface area contributed by atoms with Crippen molar-refractivity contribution >= 4 is 11.9 Å². The second kappa shape index (κ2) is 18.1. The number of aliphatic carboxylic acids is 2. The highest BCUT2D eigenvalue weighted by Gasteiger charge is 2.17. The Bertz CT molecular complexity index is 847. The van der Waals surface area contributed by atoms with Crippen molar-refractivity contribution in [2.75, 3.05) is 0 Å². The molecule has 0 bridgehead atoms. The summed E-state index contributed by atoms with van der Waals surface area (Å²) in [7, 11) is 0. The normalized spacial score (nSPS) is 19.6. The van der Waals surface area contributed by atoms with E-state index in [1.807, 2.05) is 98.8 Å². The molecule has 0 radical (unpaired) electrons. The first kappa shape index (κ1) is 30.8. The first-order valence-corrected chi connectivity index (χ1v) is 12.6. The van der Waals surface area contributed by atoms with Gasteiger partial charge in [-0.1, -0.05) is 85.0 Å². The van der Waals surface area contributed by atoms with Gasteiger partial charge in [-0.3, -0.25) is 9.59 Å². The molecule has 2 aromatic rings. The van der Waals surface area contributed by atoms with Crippen LogP contribution in [0.15, 0.2) is 85.0 Å². The molecule has 2 aliphatic carbocycles. The minimum Gasteiger partial charge on any atom is -0.481 e. The third kappa shape index (κ3) is 13.6. The summed E-state index contributed by atoms with van der Waals surface area (Å²) >= 11 is 0. The predicted molar refractivity (Wildman–Crippen MR) is 146 cm³/mol. The molecule has 1 unspecified atom stereocenters. The van der Waals surface area contributed by atoms with Gasteiger partial charge in [-0.25, -0.2) is 0 Å². The maximum atomic E-state index is 10.3. The monoisotopic (exact) mass is 494 g/mol. The summed E-state index contributed by atoms with van der Waals surface area (Å²) in [5.74, 6) is -1.54. The molecule has 0 saturated carbocycles. The van der Waals surface area contributed by atoms with E-state index in [9.17, 15) is 9.59 Å². The molecule has 0 aromatic heterocycles. The van der Waals surface area contributed by atoms with Crippen LogP contribution in [0.4, 0.5) is 0 Å². The molecule has 6 N–H and O–H groups in total. The molecule has 6 nitrogen and oxygen atoms in total. The van der Waals surface area contributed by atoms with Crippen LogP contribution in [0.3, 0.4) is 0 Å². The maximum Gasteiger partial charge on any atom is 0.306 e. The van der Waals surface area contributed by atoms with Gasteiger partial charge < -0.3 is 21.7 Å². The fourth-order valence-corrected chi connectivity index (χ4v) is 3.55. The average molecular weight is 495 g/mol. The molecule has 4 rings (SSSR count). The summed E-state index contributed by atoms with van der Waals surface area (Å²) in [6.07, 6.45) is 12.9. The molecule has 0 heterocycles. The van der Waals surface area contributed by atoms with Gasteiger partial charge >= 0.3 is 11.9 Å². The van der Waals surface area contributed by atoms with Gasteiger partial charge in [0.1, 0.15) is 0 Å². The van der Waals surface area contributed by atoms with E-state index in [4.69, 9.17) is 21.7 Å². The predicted octanol–water partition coefficient (Wildman–Crippen LogP) is 6.27. The van der Waals surface area contributed by atoms with Gasteiger partial charge in [-0.05, 0) is 63.5 Å². The minimum absolute atomic E-state index is 0.116. The van der Waals surface area contributed by atoms with Gasteiger partial charge in [0, 0.05) is 12.1 Å². The quantitative estimate of drug-likeness (QED) is 0.371. The second-order valence-electron chi connectivity index (χ2n) is 9.04. The summed E-state index contributed by atoms with van der Waals surface area (Å²) in [6.45, 7) is 3.96. The molecule has 0 fully saturated rings. The highest BCUT2D eigenvalue weighted by Crippen LogP contribution is 2.18. The topological polar surface area (TPSA) is 127 Å². The van der Waals surface area contributed by atoms with Crippen LogP contribution in [0.25, 0.3) is 0 Å². The number of hydrogen-bond donors (Lipinski definition) is 4. The molecular weight excluding hydrogens is 452 g/mol. The molecule has 0 amide bonds. The maximum absolute atomic E-state index is 10.3. The molecule has 196 valence electrons. The average Bonchev–Trinajstić information content (AvgIpc) is 2.92. The Labute approximate surface area is 215 Å². The molecule has 36 heavy (non-hydrogen) atoms. The lowest BCUT2D eigenvalue weighted by Crippen LogP contribution is -2.13. The summed E-state index contributed by atoms with van der Waals surface area (Å²) in [5.41, 5.74) is 13.6. The zero-order valence-corrected chi connectivity index (χ0v) is 21.5. The van der Waals surface area contributed by atoms with Crippen LogP contribution < -0.4 is 11.5 Å². The van der Waals surface area contributed by atoms with Crippen molar-refractivity contribution in [3.8, 4) is 0 Å². The number of carboxylic acids is 2. The molecule has 4 atom stereocenters. The molecule has 0 spiro atoms. The van der Waals surface area contributed by atoms with Crippen molar-refractivity contribution in [3.63, 3.8) is 0 Å². The lowest BCUT2D eigenvalue weighted by atomic mass is 9.95. The Kier molecular flexibility index (Phi) is 15.5. The lowest BCUT2D eigenvalue weighted by molar-refractivity contribution is -0.142. The Morgan fingerprint density at radius 2 is 1.00 bits per heavy atom. The Hall–Kier alpha value is -3.22. The van der Waals surface area contributed by atoms with Crippen molar-refractivity contribution in [1.82, 2.24) is 0 Å². The number of rotatable bonds is 4. The fourth-order valence-electron chi connectivity index (χ4n) is 3.55. The molecule has 2 aliphatic rings. The van der Waals surface area contributed by atoms with Crippen molar-refractivity contribution in [2.24, 2.45) is 23.3 Å². The third-order valence-electron chi connectivity index (χ3n) is 5.89. The van der Waals surface area contributed by atoms with Crippen LogP contribution in [-0.4, -0.2) is 22.2 Å². The van der Waals surface area contributed by atoms with Gasteiger partial charge in [0.05, 0.1) is 11.8 Å². The molecule has 0 aliphatic heterocycles. The summed E-state index contributed by atoms with van der Waals surface area (Å²) in [6, 6.07) is 20.4. The number of benzene rings is 2. The molecule has 2 aromatic carbocycles. The highest BCUT2D eigenvalue weighted by atomic mass is 16.4. The Morgan fingerprint density at radius 1 is 0.667 bits per heavy atom. The van der Waals surface area contributed by atoms with E-state index in [1.165, 1.54) is 11.1 Å². The van der Waals surface area contributed by atoms with Gasteiger partial charge in [-0.15, -0.1) is 0 Å². The van der Waals surface area contributed by atoms with E-state index in [2.05, 4.69) is 0 Å². The smallest absolute Gasteiger partial charge is 0.306 e. The minimum atomic E-state index is -0.653. The number of hydrogen-bond acceptors (Lipinski definition) is 4. The van der Waals surface area contributed by atoms with E-state index < -0.39 is 11.9 Å². The van der Waals surface area contributed by atoms with Gasteiger partial charge in [-0.2, -0.15) is 0 Å². The van der Waals surface area contributed by atoms with E-state index in [1.54, 1.807) is 0 Å². The van der Waals surface area contributed by atoms with E-state index >= 15 is 0 Å². The van der Waals surface area contributed by atoms with Crippen LogP contribution in [0.1, 0.15) is 75.6 Å². The largest absolute Gasteiger partial charge is 0.481 e. The number of carboxylic acid groups (broad SMARTS) is 2. The SMILES string of the molecule is C[C@@H](N)c1ccccc1.C[C@@H](N)c1ccccc1.O=C(O)C1CC=CCC1.O=C(O)[C@@H]1CC=CCC1. The van der Waals surface area contributed by atoms with Gasteiger partial charge in [0.15, 0.2) is 0 Å². The lowest BCUT2D eigenvalue weighted by Gasteiger charge is -2.11. The van der Waals surface area contributed by atoms with Crippen LogP contribution >= 0.6 is 0 Å². The van der Waals surface area contributed by atoms with Crippen LogP contribution in [0, 0.1) is 11.8 Å². The first-order valence-electron chi connectivity index (χ1n) is 12.6. The van der Waals surface area contributed by atoms with Crippen molar-refractivity contribution < 1.29 is 19.8 Å². The number of allylic oxidation sites excluding steroid dienone is 4. The zero-order valence-electron chi connectivity index (χ0n) is 21.5. The summed E-state index contributed by atoms with van der Waals surface area (Å²) < 4.78 is 0. The first-order chi connectivity index (χ1) is 17.2. The Morgan fingerprint density at radius 3 is 1.17 bits per heavy atom. The second-order valence-corrected chi connectivity index (χ2v) is 9.04. The zero-order chi connectivity index (χ0) is 26.8. The number of carbonyl (C=O) groups is 2. The molecule has 0 saturated heterocycles. The highest BCUT2D eigenvalue weighted by molar-refractivity contribution is 5.70. The molecule has 6 heteroatoms. The van der Waals surface area contributed by atoms with E-state index in [0.717, 1.165) is 38.5 Å². The van der Waals surface area contributed by atoms with E-state index in [0.29, 0.717) is 0 Å². The van der Waals surface area contributed by atoms with Gasteiger partial charge in [0.25, 0.3) is 0 Å². The summed E-state index contributed by atoms with van der Waals surface area (Å²) in [4.78, 5) is 20.6. The fraction of sp³-hybridized carbons (Fsp3) is 0.400. The standard InChI is InChI=1S/2C8H11N.2C7H10O2/c2*1-7(9)8-5-3-2-4-6-8;2*8-7(9)6-4-2-1-3-5-6/h2*2-7H,9H2,1H3;2*1-2,6H,3-5H2,(H,8,9)/t2*7-;6-;/m111./s1. The molecular formula is C30H42N2O4. The van der Waals surface area contributed by atoms with Crippen LogP contribution in [-0.2, 0) is 9.59 Å².